The number of nitro groups is 1. The zero-order valence-electron chi connectivity index (χ0n) is 11.9. The molecule has 0 saturated carbocycles. The van der Waals surface area contributed by atoms with Crippen molar-refractivity contribution in [1.82, 2.24) is 24.7 Å². The third kappa shape index (κ3) is 3.23. The van der Waals surface area contributed by atoms with E-state index in [0.717, 1.165) is 0 Å². The molecule has 10 nitrogen and oxygen atoms in total. The highest BCUT2D eigenvalue weighted by Gasteiger charge is 2.10. The fourth-order valence-corrected chi connectivity index (χ4v) is 2.09. The van der Waals surface area contributed by atoms with Crippen molar-refractivity contribution in [2.24, 2.45) is 5.10 Å². The van der Waals surface area contributed by atoms with Crippen molar-refractivity contribution >= 4 is 24.1 Å². The molecule has 118 valence electrons. The van der Waals surface area contributed by atoms with E-state index < -0.39 is 4.92 Å². The molecule has 3 heterocycles. The molecular weight excluding hydrogens is 322 g/mol. The molecule has 0 saturated heterocycles. The van der Waals surface area contributed by atoms with Gasteiger partial charge in [0, 0.05) is 0 Å². The van der Waals surface area contributed by atoms with Crippen LogP contribution in [0.1, 0.15) is 17.3 Å². The van der Waals surface area contributed by atoms with Crippen molar-refractivity contribution in [3.8, 4) is 0 Å². The summed E-state index contributed by atoms with van der Waals surface area (Å²) in [6.07, 6.45) is 4.03. The number of nitrogens with one attached hydrogen (secondary N) is 1. The number of rotatable bonds is 5. The van der Waals surface area contributed by atoms with Gasteiger partial charge in [0.25, 0.3) is 0 Å². The zero-order valence-corrected chi connectivity index (χ0v) is 12.7. The van der Waals surface area contributed by atoms with Crippen LogP contribution in [-0.4, -0.2) is 35.8 Å². The molecule has 0 unspecified atom stereocenters. The van der Waals surface area contributed by atoms with E-state index in [2.05, 4.69) is 20.4 Å². The van der Waals surface area contributed by atoms with Crippen molar-refractivity contribution in [3.63, 3.8) is 0 Å². The van der Waals surface area contributed by atoms with E-state index in [9.17, 15) is 10.1 Å². The first-order valence-electron chi connectivity index (χ1n) is 6.47. The first-order valence-corrected chi connectivity index (χ1v) is 6.87. The molecule has 3 aromatic heterocycles. The Morgan fingerprint density at radius 1 is 1.57 bits per heavy atom. The van der Waals surface area contributed by atoms with Gasteiger partial charge in [-0.25, -0.2) is 0 Å². The highest BCUT2D eigenvalue weighted by atomic mass is 32.1. The van der Waals surface area contributed by atoms with E-state index in [0.29, 0.717) is 22.1 Å². The van der Waals surface area contributed by atoms with Crippen molar-refractivity contribution in [3.05, 3.63) is 56.8 Å². The predicted octanol–water partition coefficient (Wildman–Crippen LogP) is 1.88. The van der Waals surface area contributed by atoms with Crippen LogP contribution in [0, 0.1) is 21.8 Å². The summed E-state index contributed by atoms with van der Waals surface area (Å²) in [6.45, 7) is 2.05. The highest BCUT2D eigenvalue weighted by molar-refractivity contribution is 7.71. The summed E-state index contributed by atoms with van der Waals surface area (Å²) in [5.41, 5.74) is -0.0665. The molecule has 1 N–H and O–H groups in total. The van der Waals surface area contributed by atoms with Crippen molar-refractivity contribution in [2.75, 3.05) is 0 Å². The van der Waals surface area contributed by atoms with E-state index in [1.54, 1.807) is 19.1 Å². The lowest BCUT2D eigenvalue weighted by Crippen LogP contribution is -1.98. The van der Waals surface area contributed by atoms with Gasteiger partial charge in [-0.1, -0.05) is 0 Å². The maximum Gasteiger partial charge on any atom is 0.307 e. The van der Waals surface area contributed by atoms with Gasteiger partial charge in [0.2, 0.25) is 4.77 Å². The quantitative estimate of drug-likeness (QED) is 0.329. The lowest BCUT2D eigenvalue weighted by Gasteiger charge is -1.96. The second kappa shape index (κ2) is 5.96. The SMILES string of the molecule is Cc1n[nH]c(=S)n1/N=C/c1ccc(Cn2cc([N+](=O)[O-])cn2)o1. The lowest BCUT2D eigenvalue weighted by atomic mass is 10.4. The average Bonchev–Trinajstić information content (AvgIpc) is 3.21. The Hall–Kier alpha value is -3.08. The molecule has 11 heteroatoms. The number of hydrogen-bond donors (Lipinski definition) is 1. The van der Waals surface area contributed by atoms with Crippen molar-refractivity contribution in [2.45, 2.75) is 13.5 Å². The number of aryl methyl sites for hydroxylation is 1. The Morgan fingerprint density at radius 2 is 2.39 bits per heavy atom. The molecule has 0 aromatic carbocycles. The minimum atomic E-state index is -0.499. The Balaban J connectivity index is 1.73. The van der Waals surface area contributed by atoms with Crippen LogP contribution in [-0.2, 0) is 6.54 Å². The summed E-state index contributed by atoms with van der Waals surface area (Å²) in [4.78, 5) is 10.1. The minimum absolute atomic E-state index is 0.0665. The Morgan fingerprint density at radius 3 is 3.04 bits per heavy atom. The molecule has 0 aliphatic rings. The van der Waals surface area contributed by atoms with E-state index in [1.165, 1.54) is 28.0 Å². The van der Waals surface area contributed by atoms with Crippen LogP contribution in [0.4, 0.5) is 5.69 Å². The van der Waals surface area contributed by atoms with Gasteiger partial charge in [-0.15, -0.1) is 0 Å². The molecule has 0 amide bonds. The smallest absolute Gasteiger partial charge is 0.307 e. The molecule has 0 bridgehead atoms. The maximum atomic E-state index is 10.6. The molecule has 0 aliphatic heterocycles. The number of aromatic nitrogens is 5. The van der Waals surface area contributed by atoms with Gasteiger partial charge in [0.15, 0.2) is 0 Å². The molecule has 0 aliphatic carbocycles. The van der Waals surface area contributed by atoms with Crippen LogP contribution < -0.4 is 0 Å². The highest BCUT2D eigenvalue weighted by Crippen LogP contribution is 2.12. The van der Waals surface area contributed by atoms with Crippen LogP contribution in [0.2, 0.25) is 0 Å². The van der Waals surface area contributed by atoms with E-state index in [4.69, 9.17) is 16.6 Å². The van der Waals surface area contributed by atoms with Gasteiger partial charge in [0.05, 0.1) is 17.7 Å². The Kier molecular flexibility index (Phi) is 3.85. The van der Waals surface area contributed by atoms with Crippen LogP contribution >= 0.6 is 12.2 Å². The van der Waals surface area contributed by atoms with Gasteiger partial charge in [-0.05, 0) is 31.3 Å². The average molecular weight is 333 g/mol. The lowest BCUT2D eigenvalue weighted by molar-refractivity contribution is -0.385. The van der Waals surface area contributed by atoms with E-state index >= 15 is 0 Å². The summed E-state index contributed by atoms with van der Waals surface area (Å²) < 4.78 is 8.85. The van der Waals surface area contributed by atoms with Gasteiger partial charge in [-0.2, -0.15) is 20.0 Å². The van der Waals surface area contributed by atoms with Gasteiger partial charge >= 0.3 is 5.69 Å². The number of furan rings is 1. The summed E-state index contributed by atoms with van der Waals surface area (Å²) in [6, 6.07) is 3.48. The zero-order chi connectivity index (χ0) is 16.4. The monoisotopic (exact) mass is 333 g/mol. The van der Waals surface area contributed by atoms with Crippen LogP contribution in [0.25, 0.3) is 0 Å². The van der Waals surface area contributed by atoms with Gasteiger partial charge in [0.1, 0.15) is 29.7 Å². The summed E-state index contributed by atoms with van der Waals surface area (Å²) in [5, 5.41) is 25.3. The molecular formula is C12H11N7O3S. The predicted molar refractivity (Wildman–Crippen MR) is 81.8 cm³/mol. The summed E-state index contributed by atoms with van der Waals surface area (Å²) in [7, 11) is 0. The Bertz CT molecular complexity index is 933. The number of hydrogen-bond acceptors (Lipinski definition) is 7. The van der Waals surface area contributed by atoms with Crippen LogP contribution in [0.5, 0.6) is 0 Å². The standard InChI is InChI=1S/C12H11N7O3S/c1-8-15-16-12(23)18(8)14-5-10-2-3-11(22-10)7-17-6-9(4-13-17)19(20)21/h2-6H,7H2,1H3,(H,16,23)/b14-5+. The minimum Gasteiger partial charge on any atom is -0.458 e. The molecule has 0 fully saturated rings. The van der Waals surface area contributed by atoms with E-state index in [-0.39, 0.29) is 12.2 Å². The van der Waals surface area contributed by atoms with Gasteiger partial charge < -0.3 is 4.42 Å². The second-order valence-corrected chi connectivity index (χ2v) is 4.98. The first kappa shape index (κ1) is 14.8. The number of H-pyrrole nitrogens is 1. The summed E-state index contributed by atoms with van der Waals surface area (Å²) in [5.74, 6) is 1.74. The van der Waals surface area contributed by atoms with Crippen LogP contribution in [0.3, 0.4) is 0 Å². The molecule has 0 atom stereocenters. The third-order valence-corrected chi connectivity index (χ3v) is 3.21. The molecule has 3 rings (SSSR count). The van der Waals surface area contributed by atoms with Crippen LogP contribution in [0.15, 0.2) is 34.0 Å². The maximum absolute atomic E-state index is 10.6. The second-order valence-electron chi connectivity index (χ2n) is 4.59. The normalized spacial score (nSPS) is 11.3. The third-order valence-electron chi connectivity index (χ3n) is 2.94. The number of nitrogens with zero attached hydrogens (tertiary/aromatic N) is 6. The Labute approximate surface area is 134 Å². The molecule has 23 heavy (non-hydrogen) atoms. The topological polar surface area (TPSA) is 120 Å². The van der Waals surface area contributed by atoms with Crippen molar-refractivity contribution in [1.29, 1.82) is 0 Å². The number of aromatic amines is 1. The van der Waals surface area contributed by atoms with Gasteiger partial charge in [-0.3, -0.25) is 19.9 Å². The fourth-order valence-electron chi connectivity index (χ4n) is 1.86. The van der Waals surface area contributed by atoms with Crippen molar-refractivity contribution < 1.29 is 9.34 Å². The largest absolute Gasteiger partial charge is 0.458 e. The molecule has 3 aromatic rings. The first-order chi connectivity index (χ1) is 11.0. The molecule has 0 radical (unpaired) electrons. The fraction of sp³-hybridized carbons (Fsp3) is 0.167. The molecule has 0 spiro atoms. The van der Waals surface area contributed by atoms with E-state index in [1.807, 2.05) is 0 Å². The summed E-state index contributed by atoms with van der Waals surface area (Å²) >= 11 is 5.04.